The summed E-state index contributed by atoms with van der Waals surface area (Å²) in [7, 11) is 0. The first-order chi connectivity index (χ1) is 9.00. The fraction of sp³-hybridized carbons (Fsp3) is 0.385. The first-order valence-corrected chi connectivity index (χ1v) is 5.86. The largest absolute Gasteiger partial charge is 0.416 e. The number of hydrogen-bond donors (Lipinski definition) is 0. The van der Waals surface area contributed by atoms with Gasteiger partial charge >= 0.3 is 6.18 Å². The molecule has 0 aromatic carbocycles. The minimum absolute atomic E-state index is 0.339. The molecule has 1 aliphatic rings. The molecule has 0 aliphatic carbocycles. The summed E-state index contributed by atoms with van der Waals surface area (Å²) in [6.45, 7) is 1.17. The van der Waals surface area contributed by atoms with E-state index in [2.05, 4.69) is 4.98 Å². The third kappa shape index (κ3) is 3.25. The van der Waals surface area contributed by atoms with Crippen LogP contribution in [0.2, 0.25) is 0 Å². The molecule has 1 aromatic rings. The summed E-state index contributed by atoms with van der Waals surface area (Å²) in [6, 6.07) is 4.01. The van der Waals surface area contributed by atoms with E-state index in [4.69, 9.17) is 5.26 Å². The maximum absolute atomic E-state index is 12.6. The highest BCUT2D eigenvalue weighted by atomic mass is 19.4. The molecule has 0 amide bonds. The Labute approximate surface area is 109 Å². The fourth-order valence-electron chi connectivity index (χ4n) is 2.03. The molecule has 2 heterocycles. The van der Waals surface area contributed by atoms with Gasteiger partial charge in [0.15, 0.2) is 0 Å². The van der Waals surface area contributed by atoms with E-state index in [1.54, 1.807) is 0 Å². The zero-order chi connectivity index (χ0) is 13.9. The van der Waals surface area contributed by atoms with Crippen molar-refractivity contribution in [1.82, 2.24) is 4.98 Å². The van der Waals surface area contributed by atoms with Crippen molar-refractivity contribution in [1.29, 1.82) is 5.26 Å². The standard InChI is InChI=1S/C13H12F3N3/c14-13(15,16)11-2-6-18-12(9-11)19-7-3-10(1-5-17)4-8-19/h1-2,6,9H,3-4,7-8H2. The van der Waals surface area contributed by atoms with E-state index in [1.165, 1.54) is 12.3 Å². The summed E-state index contributed by atoms with van der Waals surface area (Å²) in [5.41, 5.74) is 0.349. The number of alkyl halides is 3. The third-order valence-corrected chi connectivity index (χ3v) is 3.07. The number of allylic oxidation sites excluding steroid dienone is 1. The number of piperidine rings is 1. The van der Waals surface area contributed by atoms with Gasteiger partial charge in [-0.05, 0) is 25.0 Å². The molecule has 100 valence electrons. The van der Waals surface area contributed by atoms with Gasteiger partial charge in [0.25, 0.3) is 0 Å². The van der Waals surface area contributed by atoms with Gasteiger partial charge in [0, 0.05) is 25.4 Å². The number of aromatic nitrogens is 1. The number of anilines is 1. The first-order valence-electron chi connectivity index (χ1n) is 5.86. The lowest BCUT2D eigenvalue weighted by molar-refractivity contribution is -0.137. The normalized spacial score (nSPS) is 16.1. The zero-order valence-electron chi connectivity index (χ0n) is 10.1. The van der Waals surface area contributed by atoms with Crippen molar-refractivity contribution in [3.8, 4) is 6.07 Å². The van der Waals surface area contributed by atoms with Gasteiger partial charge in [-0.3, -0.25) is 0 Å². The van der Waals surface area contributed by atoms with Crippen LogP contribution in [0, 0.1) is 11.3 Å². The van der Waals surface area contributed by atoms with E-state index in [0.717, 1.165) is 17.7 Å². The molecule has 6 heteroatoms. The Morgan fingerprint density at radius 1 is 1.32 bits per heavy atom. The first kappa shape index (κ1) is 13.4. The van der Waals surface area contributed by atoms with Crippen LogP contribution in [0.3, 0.4) is 0 Å². The quantitative estimate of drug-likeness (QED) is 0.734. The molecule has 3 nitrogen and oxygen atoms in total. The molecule has 0 unspecified atom stereocenters. The second kappa shape index (κ2) is 5.31. The van der Waals surface area contributed by atoms with Gasteiger partial charge in [-0.25, -0.2) is 4.98 Å². The highest BCUT2D eigenvalue weighted by molar-refractivity contribution is 5.43. The van der Waals surface area contributed by atoms with Crippen LogP contribution in [0.5, 0.6) is 0 Å². The van der Waals surface area contributed by atoms with Crippen LogP contribution >= 0.6 is 0 Å². The van der Waals surface area contributed by atoms with Crippen molar-refractivity contribution in [2.45, 2.75) is 19.0 Å². The van der Waals surface area contributed by atoms with E-state index >= 15 is 0 Å². The highest BCUT2D eigenvalue weighted by Gasteiger charge is 2.31. The summed E-state index contributed by atoms with van der Waals surface area (Å²) in [6.07, 6.45) is -0.286. The summed E-state index contributed by atoms with van der Waals surface area (Å²) >= 11 is 0. The Bertz CT molecular complexity index is 519. The Morgan fingerprint density at radius 2 is 2.00 bits per heavy atom. The second-order valence-corrected chi connectivity index (χ2v) is 4.32. The smallest absolute Gasteiger partial charge is 0.356 e. The van der Waals surface area contributed by atoms with Gasteiger partial charge in [-0.15, -0.1) is 0 Å². The van der Waals surface area contributed by atoms with Gasteiger partial charge in [0.05, 0.1) is 11.6 Å². The van der Waals surface area contributed by atoms with Crippen LogP contribution < -0.4 is 4.90 Å². The second-order valence-electron chi connectivity index (χ2n) is 4.32. The van der Waals surface area contributed by atoms with E-state index < -0.39 is 11.7 Å². The molecule has 1 fully saturated rings. The predicted molar refractivity (Wildman–Crippen MR) is 64.4 cm³/mol. The molecule has 19 heavy (non-hydrogen) atoms. The van der Waals surface area contributed by atoms with Crippen molar-refractivity contribution < 1.29 is 13.2 Å². The number of halogens is 3. The van der Waals surface area contributed by atoms with Gasteiger partial charge in [-0.1, -0.05) is 5.57 Å². The topological polar surface area (TPSA) is 39.9 Å². The Balaban J connectivity index is 2.12. The summed E-state index contributed by atoms with van der Waals surface area (Å²) in [5, 5.41) is 8.55. The number of pyridine rings is 1. The Kier molecular flexibility index (Phi) is 3.74. The monoisotopic (exact) mass is 267 g/mol. The fourth-order valence-corrected chi connectivity index (χ4v) is 2.03. The van der Waals surface area contributed by atoms with Crippen LogP contribution in [0.1, 0.15) is 18.4 Å². The van der Waals surface area contributed by atoms with Crippen molar-refractivity contribution in [2.24, 2.45) is 0 Å². The van der Waals surface area contributed by atoms with Crippen molar-refractivity contribution in [3.63, 3.8) is 0 Å². The number of nitriles is 1. The Hall–Kier alpha value is -2.03. The zero-order valence-corrected chi connectivity index (χ0v) is 10.1. The van der Waals surface area contributed by atoms with Crippen LogP contribution in [-0.2, 0) is 6.18 Å². The molecule has 0 saturated carbocycles. The number of rotatable bonds is 1. The molecule has 1 aromatic heterocycles. The molecule has 1 aliphatic heterocycles. The third-order valence-electron chi connectivity index (χ3n) is 3.07. The molecule has 0 atom stereocenters. The highest BCUT2D eigenvalue weighted by Crippen LogP contribution is 2.31. The van der Waals surface area contributed by atoms with E-state index in [0.29, 0.717) is 31.7 Å². The maximum atomic E-state index is 12.6. The van der Waals surface area contributed by atoms with Crippen LogP contribution in [0.15, 0.2) is 30.0 Å². The van der Waals surface area contributed by atoms with E-state index in [9.17, 15) is 13.2 Å². The summed E-state index contributed by atoms with van der Waals surface area (Å²) < 4.78 is 37.8. The predicted octanol–water partition coefficient (Wildman–Crippen LogP) is 3.15. The molecule has 2 rings (SSSR count). The molecule has 0 spiro atoms. The number of nitrogens with zero attached hydrogens (tertiary/aromatic N) is 3. The van der Waals surface area contributed by atoms with Gasteiger partial charge in [-0.2, -0.15) is 18.4 Å². The molecular formula is C13H12F3N3. The van der Waals surface area contributed by atoms with E-state index in [1.807, 2.05) is 11.0 Å². The van der Waals surface area contributed by atoms with Gasteiger partial charge < -0.3 is 4.90 Å². The van der Waals surface area contributed by atoms with Crippen LogP contribution in [0.4, 0.5) is 19.0 Å². The number of hydrogen-bond acceptors (Lipinski definition) is 3. The average molecular weight is 267 g/mol. The lowest BCUT2D eigenvalue weighted by atomic mass is 10.0. The SMILES string of the molecule is N#CC=C1CCN(c2cc(C(F)(F)F)ccn2)CC1. The molecular weight excluding hydrogens is 255 g/mol. The van der Waals surface area contributed by atoms with Crippen LogP contribution in [-0.4, -0.2) is 18.1 Å². The minimum Gasteiger partial charge on any atom is -0.356 e. The molecule has 0 bridgehead atoms. The lowest BCUT2D eigenvalue weighted by Gasteiger charge is -2.29. The van der Waals surface area contributed by atoms with Gasteiger partial charge in [0.1, 0.15) is 5.82 Å². The van der Waals surface area contributed by atoms with E-state index in [-0.39, 0.29) is 0 Å². The van der Waals surface area contributed by atoms with Crippen molar-refractivity contribution >= 4 is 5.82 Å². The molecule has 0 N–H and O–H groups in total. The Morgan fingerprint density at radius 3 is 2.58 bits per heavy atom. The molecule has 0 radical (unpaired) electrons. The summed E-state index contributed by atoms with van der Waals surface area (Å²) in [5.74, 6) is 0.339. The van der Waals surface area contributed by atoms with Crippen molar-refractivity contribution in [3.05, 3.63) is 35.5 Å². The van der Waals surface area contributed by atoms with Crippen molar-refractivity contribution in [2.75, 3.05) is 18.0 Å². The maximum Gasteiger partial charge on any atom is 0.416 e. The van der Waals surface area contributed by atoms with Crippen LogP contribution in [0.25, 0.3) is 0 Å². The average Bonchev–Trinajstić information content (AvgIpc) is 2.39. The summed E-state index contributed by atoms with van der Waals surface area (Å²) in [4.78, 5) is 5.80. The lowest BCUT2D eigenvalue weighted by Crippen LogP contribution is -2.31. The minimum atomic E-state index is -4.35. The van der Waals surface area contributed by atoms with Gasteiger partial charge in [0.2, 0.25) is 0 Å². The molecule has 1 saturated heterocycles.